The number of aryl methyl sites for hydroxylation is 1. The first kappa shape index (κ1) is 14.9. The van der Waals surface area contributed by atoms with E-state index < -0.39 is 20.8 Å². The highest BCUT2D eigenvalue weighted by atomic mass is 35.7. The van der Waals surface area contributed by atoms with Gasteiger partial charge in [0.25, 0.3) is 15.0 Å². The summed E-state index contributed by atoms with van der Waals surface area (Å²) >= 11 is 0. The molecule has 0 radical (unpaired) electrons. The molecule has 0 unspecified atom stereocenters. The first-order valence-electron chi connectivity index (χ1n) is 5.18. The third-order valence-electron chi connectivity index (χ3n) is 2.19. The van der Waals surface area contributed by atoms with Crippen molar-refractivity contribution in [1.29, 1.82) is 0 Å². The first-order chi connectivity index (χ1) is 8.12. The van der Waals surface area contributed by atoms with Crippen molar-refractivity contribution in [3.8, 4) is 0 Å². The summed E-state index contributed by atoms with van der Waals surface area (Å²) in [5, 5.41) is 2.48. The van der Waals surface area contributed by atoms with Crippen LogP contribution in [0, 0.1) is 12.7 Å². The van der Waals surface area contributed by atoms with Crippen LogP contribution in [-0.4, -0.2) is 20.4 Å². The molecule has 0 saturated heterocycles. The molecule has 7 heteroatoms. The van der Waals surface area contributed by atoms with Crippen LogP contribution in [0.3, 0.4) is 0 Å². The molecule has 100 valence electrons. The molecule has 0 aliphatic carbocycles. The molecule has 1 N–H and O–H groups in total. The van der Waals surface area contributed by atoms with E-state index in [1.807, 2.05) is 0 Å². The Labute approximate surface area is 110 Å². The minimum absolute atomic E-state index is 0.156. The fourth-order valence-corrected chi connectivity index (χ4v) is 2.63. The Hall–Kier alpha value is -1.14. The van der Waals surface area contributed by atoms with E-state index in [1.165, 1.54) is 6.92 Å². The van der Waals surface area contributed by atoms with Gasteiger partial charge < -0.3 is 5.32 Å². The molecule has 1 aromatic carbocycles. The Bertz CT molecular complexity index is 584. The van der Waals surface area contributed by atoms with Crippen LogP contribution in [0.5, 0.6) is 0 Å². The molecule has 0 fully saturated rings. The van der Waals surface area contributed by atoms with E-state index in [-0.39, 0.29) is 22.1 Å². The number of benzene rings is 1. The van der Waals surface area contributed by atoms with Crippen LogP contribution < -0.4 is 5.32 Å². The van der Waals surface area contributed by atoms with E-state index in [9.17, 15) is 17.6 Å². The Morgan fingerprint density at radius 3 is 2.39 bits per heavy atom. The molecule has 0 bridgehead atoms. The standard InChI is InChI=1S/C11H13ClFNO3S/c1-6(2)14-11(15)8-5-10(18(12,16)17)7(3)4-9(8)13/h4-6H,1-3H3,(H,14,15). The molecule has 0 aliphatic heterocycles. The van der Waals surface area contributed by atoms with Crippen LogP contribution in [0.25, 0.3) is 0 Å². The minimum Gasteiger partial charge on any atom is -0.350 e. The number of rotatable bonds is 3. The third kappa shape index (κ3) is 3.43. The summed E-state index contributed by atoms with van der Waals surface area (Å²) in [7, 11) is 1.21. The lowest BCUT2D eigenvalue weighted by Crippen LogP contribution is -2.31. The predicted molar refractivity (Wildman–Crippen MR) is 66.8 cm³/mol. The van der Waals surface area contributed by atoms with E-state index >= 15 is 0 Å². The van der Waals surface area contributed by atoms with E-state index in [1.54, 1.807) is 13.8 Å². The van der Waals surface area contributed by atoms with Gasteiger partial charge in [-0.2, -0.15) is 0 Å². The average molecular weight is 294 g/mol. The summed E-state index contributed by atoms with van der Waals surface area (Å²) in [6, 6.07) is 1.74. The Morgan fingerprint density at radius 1 is 1.39 bits per heavy atom. The van der Waals surface area contributed by atoms with Crippen LogP contribution in [0.1, 0.15) is 29.8 Å². The van der Waals surface area contributed by atoms with Crippen LogP contribution >= 0.6 is 10.7 Å². The maximum atomic E-state index is 13.6. The highest BCUT2D eigenvalue weighted by Crippen LogP contribution is 2.23. The zero-order valence-corrected chi connectivity index (χ0v) is 11.7. The number of hydrogen-bond donors (Lipinski definition) is 1. The molecule has 0 heterocycles. The molecule has 0 aliphatic rings. The van der Waals surface area contributed by atoms with E-state index in [0.717, 1.165) is 12.1 Å². The second-order valence-electron chi connectivity index (χ2n) is 4.16. The quantitative estimate of drug-likeness (QED) is 0.869. The van der Waals surface area contributed by atoms with E-state index in [4.69, 9.17) is 10.7 Å². The summed E-state index contributed by atoms with van der Waals surface area (Å²) in [5.74, 6) is -1.46. The lowest BCUT2D eigenvalue weighted by molar-refractivity contribution is 0.0939. The number of hydrogen-bond acceptors (Lipinski definition) is 3. The van der Waals surface area contributed by atoms with Crippen molar-refractivity contribution < 1.29 is 17.6 Å². The normalized spacial score (nSPS) is 11.7. The van der Waals surface area contributed by atoms with Gasteiger partial charge in [-0.25, -0.2) is 12.8 Å². The number of halogens is 2. The first-order valence-corrected chi connectivity index (χ1v) is 7.49. The van der Waals surface area contributed by atoms with Gasteiger partial charge in [-0.3, -0.25) is 4.79 Å². The number of nitrogens with one attached hydrogen (secondary N) is 1. The van der Waals surface area contributed by atoms with Crippen molar-refractivity contribution in [1.82, 2.24) is 5.32 Å². The number of carbonyl (C=O) groups is 1. The van der Waals surface area contributed by atoms with Gasteiger partial charge in [0.2, 0.25) is 0 Å². The van der Waals surface area contributed by atoms with E-state index in [2.05, 4.69) is 5.32 Å². The third-order valence-corrected chi connectivity index (χ3v) is 3.66. The van der Waals surface area contributed by atoms with Gasteiger partial charge in [0.05, 0.1) is 10.5 Å². The monoisotopic (exact) mass is 293 g/mol. The van der Waals surface area contributed by atoms with Crippen LogP contribution in [0.4, 0.5) is 4.39 Å². The lowest BCUT2D eigenvalue weighted by atomic mass is 10.1. The van der Waals surface area contributed by atoms with Crippen molar-refractivity contribution in [3.63, 3.8) is 0 Å². The molecule has 1 amide bonds. The summed E-state index contributed by atoms with van der Waals surface area (Å²) < 4.78 is 36.2. The second kappa shape index (κ2) is 5.24. The topological polar surface area (TPSA) is 63.2 Å². The zero-order valence-electron chi connectivity index (χ0n) is 10.1. The zero-order chi connectivity index (χ0) is 14.1. The molecule has 0 atom stereocenters. The van der Waals surface area contributed by atoms with Crippen molar-refractivity contribution in [3.05, 3.63) is 29.1 Å². The van der Waals surface area contributed by atoms with Crippen molar-refractivity contribution >= 4 is 25.6 Å². The maximum absolute atomic E-state index is 13.6. The fourth-order valence-electron chi connectivity index (χ4n) is 1.43. The van der Waals surface area contributed by atoms with Crippen LogP contribution in [0.2, 0.25) is 0 Å². The van der Waals surface area contributed by atoms with Crippen LogP contribution in [0.15, 0.2) is 17.0 Å². The Kier molecular flexibility index (Phi) is 4.34. The average Bonchev–Trinajstić information content (AvgIpc) is 2.13. The summed E-state index contributed by atoms with van der Waals surface area (Å²) in [6.07, 6.45) is 0. The van der Waals surface area contributed by atoms with Gasteiger partial charge in [-0.1, -0.05) is 0 Å². The highest BCUT2D eigenvalue weighted by Gasteiger charge is 2.20. The summed E-state index contributed by atoms with van der Waals surface area (Å²) in [4.78, 5) is 11.4. The Balaban J connectivity index is 3.34. The van der Waals surface area contributed by atoms with Gasteiger partial charge in [0.15, 0.2) is 0 Å². The van der Waals surface area contributed by atoms with Gasteiger partial charge in [0.1, 0.15) is 5.82 Å². The molecule has 18 heavy (non-hydrogen) atoms. The van der Waals surface area contributed by atoms with Crippen molar-refractivity contribution in [2.24, 2.45) is 0 Å². The molecule has 0 aromatic heterocycles. The molecule has 1 aromatic rings. The summed E-state index contributed by atoms with van der Waals surface area (Å²) in [5.41, 5.74) is -0.183. The molecular weight excluding hydrogens is 281 g/mol. The molecule has 0 spiro atoms. The fraction of sp³-hybridized carbons (Fsp3) is 0.364. The van der Waals surface area contributed by atoms with Crippen molar-refractivity contribution in [2.45, 2.75) is 31.7 Å². The van der Waals surface area contributed by atoms with Crippen LogP contribution in [-0.2, 0) is 9.05 Å². The van der Waals surface area contributed by atoms with Crippen molar-refractivity contribution in [2.75, 3.05) is 0 Å². The smallest absolute Gasteiger partial charge is 0.261 e. The predicted octanol–water partition coefficient (Wildman–Crippen LogP) is 2.20. The van der Waals surface area contributed by atoms with Gasteiger partial charge in [-0.15, -0.1) is 0 Å². The molecule has 0 saturated carbocycles. The van der Waals surface area contributed by atoms with E-state index in [0.29, 0.717) is 0 Å². The van der Waals surface area contributed by atoms with Gasteiger partial charge in [0, 0.05) is 16.7 Å². The SMILES string of the molecule is Cc1cc(F)c(C(=O)NC(C)C)cc1S(=O)(=O)Cl. The van der Waals surface area contributed by atoms with Gasteiger partial charge >= 0.3 is 0 Å². The summed E-state index contributed by atoms with van der Waals surface area (Å²) in [6.45, 7) is 4.83. The second-order valence-corrected chi connectivity index (χ2v) is 6.70. The molecule has 1 rings (SSSR count). The minimum atomic E-state index is -4.01. The number of carbonyl (C=O) groups excluding carboxylic acids is 1. The molecule has 4 nitrogen and oxygen atoms in total. The highest BCUT2D eigenvalue weighted by molar-refractivity contribution is 8.13. The van der Waals surface area contributed by atoms with Gasteiger partial charge in [-0.05, 0) is 38.5 Å². The molecular formula is C11H13ClFNO3S. The number of amides is 1. The maximum Gasteiger partial charge on any atom is 0.261 e. The lowest BCUT2D eigenvalue weighted by Gasteiger charge is -2.11. The largest absolute Gasteiger partial charge is 0.350 e. The Morgan fingerprint density at radius 2 is 1.94 bits per heavy atom.